The average molecular weight is 385 g/mol. The summed E-state index contributed by atoms with van der Waals surface area (Å²) in [4.78, 5) is 14.1. The van der Waals surface area contributed by atoms with E-state index in [1.807, 2.05) is 73.6 Å². The lowest BCUT2D eigenvalue weighted by molar-refractivity contribution is -0.139. The SMILES string of the molecule is CN(C)c1ccc(/C=C(\C#N)C(=O)OCc2ccccc2Br)cc1. The van der Waals surface area contributed by atoms with Crippen LogP contribution in [0.2, 0.25) is 0 Å². The molecular formula is C19H17BrN2O2. The zero-order valence-electron chi connectivity index (χ0n) is 13.5. The summed E-state index contributed by atoms with van der Waals surface area (Å²) in [5, 5.41) is 9.22. The third-order valence-electron chi connectivity index (χ3n) is 3.38. The molecule has 5 heteroatoms. The number of rotatable bonds is 5. The van der Waals surface area contributed by atoms with Crippen molar-refractivity contribution in [2.24, 2.45) is 0 Å². The molecule has 2 aromatic carbocycles. The van der Waals surface area contributed by atoms with Gasteiger partial charge < -0.3 is 9.64 Å². The molecule has 0 amide bonds. The molecule has 0 unspecified atom stereocenters. The van der Waals surface area contributed by atoms with Crippen molar-refractivity contribution in [2.45, 2.75) is 6.61 Å². The van der Waals surface area contributed by atoms with Gasteiger partial charge in [0.25, 0.3) is 0 Å². The molecule has 24 heavy (non-hydrogen) atoms. The summed E-state index contributed by atoms with van der Waals surface area (Å²) < 4.78 is 6.09. The summed E-state index contributed by atoms with van der Waals surface area (Å²) >= 11 is 3.40. The first-order valence-corrected chi connectivity index (χ1v) is 8.10. The average Bonchev–Trinajstić information content (AvgIpc) is 2.59. The standard InChI is InChI=1S/C19H17BrN2O2/c1-22(2)17-9-7-14(8-10-17)11-16(12-21)19(23)24-13-15-5-3-4-6-18(15)20/h3-11H,13H2,1-2H3/b16-11+. The van der Waals surface area contributed by atoms with E-state index in [2.05, 4.69) is 15.9 Å². The Labute approximate surface area is 150 Å². The largest absolute Gasteiger partial charge is 0.457 e. The highest BCUT2D eigenvalue weighted by atomic mass is 79.9. The molecule has 0 aliphatic carbocycles. The van der Waals surface area contributed by atoms with Gasteiger partial charge in [0.15, 0.2) is 0 Å². The van der Waals surface area contributed by atoms with Crippen LogP contribution in [-0.2, 0) is 16.1 Å². The number of halogens is 1. The molecule has 0 fully saturated rings. The predicted molar refractivity (Wildman–Crippen MR) is 98.3 cm³/mol. The van der Waals surface area contributed by atoms with E-state index in [-0.39, 0.29) is 12.2 Å². The topological polar surface area (TPSA) is 53.3 Å². The number of esters is 1. The van der Waals surface area contributed by atoms with Gasteiger partial charge in [-0.3, -0.25) is 0 Å². The third kappa shape index (κ3) is 4.71. The zero-order valence-corrected chi connectivity index (χ0v) is 15.1. The van der Waals surface area contributed by atoms with E-state index in [0.717, 1.165) is 21.3 Å². The Bertz CT molecular complexity index is 790. The molecule has 0 N–H and O–H groups in total. The number of hydrogen-bond acceptors (Lipinski definition) is 4. The van der Waals surface area contributed by atoms with E-state index < -0.39 is 5.97 Å². The maximum absolute atomic E-state index is 12.1. The summed E-state index contributed by atoms with van der Waals surface area (Å²) in [5.74, 6) is -0.634. The molecule has 0 aliphatic rings. The van der Waals surface area contributed by atoms with Crippen molar-refractivity contribution in [2.75, 3.05) is 19.0 Å². The van der Waals surface area contributed by atoms with E-state index in [0.29, 0.717) is 0 Å². The first-order valence-electron chi connectivity index (χ1n) is 7.31. The van der Waals surface area contributed by atoms with E-state index in [1.54, 1.807) is 0 Å². The number of nitrogens with zero attached hydrogens (tertiary/aromatic N) is 2. The maximum Gasteiger partial charge on any atom is 0.349 e. The Balaban J connectivity index is 2.08. The molecule has 4 nitrogen and oxygen atoms in total. The fourth-order valence-corrected chi connectivity index (χ4v) is 2.41. The summed E-state index contributed by atoms with van der Waals surface area (Å²) in [6.45, 7) is 0.110. The van der Waals surface area contributed by atoms with Crippen molar-refractivity contribution >= 4 is 33.7 Å². The molecule has 0 radical (unpaired) electrons. The Morgan fingerprint density at radius 3 is 2.46 bits per heavy atom. The molecule has 0 aromatic heterocycles. The number of benzene rings is 2. The van der Waals surface area contributed by atoms with Crippen molar-refractivity contribution in [1.29, 1.82) is 5.26 Å². The fourth-order valence-electron chi connectivity index (χ4n) is 2.01. The number of hydrogen-bond donors (Lipinski definition) is 0. The van der Waals surface area contributed by atoms with Crippen LogP contribution in [0.25, 0.3) is 6.08 Å². The zero-order chi connectivity index (χ0) is 17.5. The Hall–Kier alpha value is -2.58. The lowest BCUT2D eigenvalue weighted by Crippen LogP contribution is -2.08. The first-order chi connectivity index (χ1) is 11.5. The van der Waals surface area contributed by atoms with Gasteiger partial charge in [-0.05, 0) is 29.8 Å². The summed E-state index contributed by atoms with van der Waals surface area (Å²) in [6.07, 6.45) is 1.53. The van der Waals surface area contributed by atoms with Crippen LogP contribution < -0.4 is 4.90 Å². The summed E-state index contributed by atoms with van der Waals surface area (Å²) in [6, 6.07) is 16.9. The van der Waals surface area contributed by atoms with Crippen LogP contribution in [0.3, 0.4) is 0 Å². The van der Waals surface area contributed by atoms with Crippen molar-refractivity contribution in [3.8, 4) is 6.07 Å². The number of nitriles is 1. The Morgan fingerprint density at radius 1 is 1.21 bits per heavy atom. The second-order valence-electron chi connectivity index (χ2n) is 5.32. The lowest BCUT2D eigenvalue weighted by atomic mass is 10.1. The normalized spacial score (nSPS) is 10.8. The highest BCUT2D eigenvalue weighted by Crippen LogP contribution is 2.18. The molecule has 2 aromatic rings. The minimum atomic E-state index is -0.634. The van der Waals surface area contributed by atoms with Gasteiger partial charge in [0.2, 0.25) is 0 Å². The highest BCUT2D eigenvalue weighted by Gasteiger charge is 2.12. The van der Waals surface area contributed by atoms with E-state index in [1.165, 1.54) is 6.08 Å². The number of anilines is 1. The monoisotopic (exact) mass is 384 g/mol. The maximum atomic E-state index is 12.1. The molecule has 0 aliphatic heterocycles. The van der Waals surface area contributed by atoms with Gasteiger partial charge in [-0.25, -0.2) is 4.79 Å². The van der Waals surface area contributed by atoms with Crippen LogP contribution in [-0.4, -0.2) is 20.1 Å². The number of carbonyl (C=O) groups is 1. The molecule has 0 saturated carbocycles. The van der Waals surface area contributed by atoms with Crippen LogP contribution in [0.4, 0.5) is 5.69 Å². The molecule has 0 bridgehead atoms. The van der Waals surface area contributed by atoms with Gasteiger partial charge in [0.05, 0.1) is 0 Å². The van der Waals surface area contributed by atoms with Crippen molar-refractivity contribution in [1.82, 2.24) is 0 Å². The van der Waals surface area contributed by atoms with Crippen LogP contribution >= 0.6 is 15.9 Å². The number of ether oxygens (including phenoxy) is 1. The van der Waals surface area contributed by atoms with Crippen LogP contribution in [0.1, 0.15) is 11.1 Å². The van der Waals surface area contributed by atoms with Gasteiger partial charge in [-0.15, -0.1) is 0 Å². The molecule has 0 heterocycles. The minimum absolute atomic E-state index is 0.0281. The summed E-state index contributed by atoms with van der Waals surface area (Å²) in [7, 11) is 3.90. The predicted octanol–water partition coefficient (Wildman–Crippen LogP) is 4.17. The molecule has 122 valence electrons. The second-order valence-corrected chi connectivity index (χ2v) is 6.18. The van der Waals surface area contributed by atoms with Gasteiger partial charge in [-0.1, -0.05) is 46.3 Å². The van der Waals surface area contributed by atoms with E-state index in [9.17, 15) is 10.1 Å². The van der Waals surface area contributed by atoms with Crippen LogP contribution in [0.5, 0.6) is 0 Å². The first kappa shape index (κ1) is 17.8. The Kier molecular flexibility index (Phi) is 6.16. The van der Waals surface area contributed by atoms with Gasteiger partial charge >= 0.3 is 5.97 Å². The van der Waals surface area contributed by atoms with Gasteiger partial charge in [0.1, 0.15) is 18.2 Å². The smallest absolute Gasteiger partial charge is 0.349 e. The third-order valence-corrected chi connectivity index (χ3v) is 4.15. The van der Waals surface area contributed by atoms with Crippen LogP contribution in [0, 0.1) is 11.3 Å². The molecule has 0 atom stereocenters. The molecule has 0 spiro atoms. The molecule has 0 saturated heterocycles. The van der Waals surface area contributed by atoms with Gasteiger partial charge in [0, 0.05) is 29.8 Å². The molecule has 2 rings (SSSR count). The quantitative estimate of drug-likeness (QED) is 0.441. The second kappa shape index (κ2) is 8.32. The lowest BCUT2D eigenvalue weighted by Gasteiger charge is -2.11. The minimum Gasteiger partial charge on any atom is -0.457 e. The van der Waals surface area contributed by atoms with Crippen molar-refractivity contribution < 1.29 is 9.53 Å². The summed E-state index contributed by atoms with van der Waals surface area (Å²) in [5.41, 5.74) is 2.63. The van der Waals surface area contributed by atoms with E-state index >= 15 is 0 Å². The van der Waals surface area contributed by atoms with Crippen LogP contribution in [0.15, 0.2) is 58.6 Å². The van der Waals surface area contributed by atoms with Gasteiger partial charge in [-0.2, -0.15) is 5.26 Å². The highest BCUT2D eigenvalue weighted by molar-refractivity contribution is 9.10. The fraction of sp³-hybridized carbons (Fsp3) is 0.158. The number of carbonyl (C=O) groups excluding carboxylic acids is 1. The van der Waals surface area contributed by atoms with Crippen molar-refractivity contribution in [3.63, 3.8) is 0 Å². The van der Waals surface area contributed by atoms with E-state index in [4.69, 9.17) is 4.74 Å². The molecular weight excluding hydrogens is 368 g/mol. The van der Waals surface area contributed by atoms with Crippen molar-refractivity contribution in [3.05, 3.63) is 69.7 Å². The Morgan fingerprint density at radius 2 is 1.88 bits per heavy atom.